The number of hydrogen-bond acceptors (Lipinski definition) is 5. The molecule has 0 bridgehead atoms. The second-order valence-corrected chi connectivity index (χ2v) is 6.89. The minimum Gasteiger partial charge on any atom is -0.508 e. The molecule has 0 atom stereocenters. The number of phenolic OH excluding ortho intramolecular Hbond substituents is 1. The lowest BCUT2D eigenvalue weighted by atomic mass is 10.1. The summed E-state index contributed by atoms with van der Waals surface area (Å²) in [5, 5.41) is 14.1. The summed E-state index contributed by atoms with van der Waals surface area (Å²) in [6.07, 6.45) is 1.52. The summed E-state index contributed by atoms with van der Waals surface area (Å²) in [7, 11) is 0. The van der Waals surface area contributed by atoms with E-state index in [4.69, 9.17) is 0 Å². The van der Waals surface area contributed by atoms with Crippen LogP contribution in [0.2, 0.25) is 0 Å². The Kier molecular flexibility index (Phi) is 4.63. The third-order valence-electron chi connectivity index (χ3n) is 3.96. The topological polar surface area (TPSA) is 74.6 Å². The molecule has 6 heteroatoms. The van der Waals surface area contributed by atoms with E-state index >= 15 is 0 Å². The molecule has 4 aromatic rings. The highest BCUT2D eigenvalue weighted by molar-refractivity contribution is 7.21. The van der Waals surface area contributed by atoms with Crippen LogP contribution in [0.1, 0.15) is 15.9 Å². The van der Waals surface area contributed by atoms with Gasteiger partial charge in [-0.05, 0) is 54.1 Å². The van der Waals surface area contributed by atoms with E-state index in [1.165, 1.54) is 6.21 Å². The van der Waals surface area contributed by atoms with Gasteiger partial charge in [0.05, 0.1) is 16.4 Å². The SMILES string of the molecule is O=C(N/N=C/c1ccc(O)cc1)c1ccc(-c2nc3ccccc3s2)cc1. The van der Waals surface area contributed by atoms with Gasteiger partial charge in [-0.15, -0.1) is 11.3 Å². The summed E-state index contributed by atoms with van der Waals surface area (Å²) < 4.78 is 1.14. The van der Waals surface area contributed by atoms with Gasteiger partial charge in [0.15, 0.2) is 0 Å². The zero-order valence-corrected chi connectivity index (χ0v) is 15.0. The first-order valence-corrected chi connectivity index (χ1v) is 9.09. The second kappa shape index (κ2) is 7.39. The summed E-state index contributed by atoms with van der Waals surface area (Å²) >= 11 is 1.62. The monoisotopic (exact) mass is 373 g/mol. The van der Waals surface area contributed by atoms with Crippen molar-refractivity contribution in [3.05, 3.63) is 83.9 Å². The van der Waals surface area contributed by atoms with Crippen molar-refractivity contribution in [2.75, 3.05) is 0 Å². The number of nitrogens with one attached hydrogen (secondary N) is 1. The van der Waals surface area contributed by atoms with E-state index < -0.39 is 0 Å². The molecule has 0 saturated carbocycles. The van der Waals surface area contributed by atoms with Gasteiger partial charge in [-0.1, -0.05) is 24.3 Å². The molecule has 0 aliphatic heterocycles. The summed E-state index contributed by atoms with van der Waals surface area (Å²) in [5.74, 6) is -0.106. The Labute approximate surface area is 159 Å². The first kappa shape index (κ1) is 16.9. The second-order valence-electron chi connectivity index (χ2n) is 5.85. The van der Waals surface area contributed by atoms with E-state index in [2.05, 4.69) is 15.5 Å². The Morgan fingerprint density at radius 2 is 1.74 bits per heavy atom. The Balaban J connectivity index is 1.45. The fourth-order valence-electron chi connectivity index (χ4n) is 2.55. The Morgan fingerprint density at radius 3 is 2.48 bits per heavy atom. The van der Waals surface area contributed by atoms with E-state index in [9.17, 15) is 9.90 Å². The number of para-hydroxylation sites is 1. The lowest BCUT2D eigenvalue weighted by Crippen LogP contribution is -2.17. The number of hydrazone groups is 1. The lowest BCUT2D eigenvalue weighted by Gasteiger charge is -2.01. The summed E-state index contributed by atoms with van der Waals surface area (Å²) in [4.78, 5) is 16.8. The molecule has 5 nitrogen and oxygen atoms in total. The molecule has 2 N–H and O–H groups in total. The molecule has 1 heterocycles. The maximum Gasteiger partial charge on any atom is 0.271 e. The zero-order chi connectivity index (χ0) is 18.6. The van der Waals surface area contributed by atoms with Crippen LogP contribution in [-0.4, -0.2) is 22.2 Å². The van der Waals surface area contributed by atoms with Gasteiger partial charge in [-0.25, -0.2) is 10.4 Å². The van der Waals surface area contributed by atoms with Crippen LogP contribution in [0.4, 0.5) is 0 Å². The quantitative estimate of drug-likeness (QED) is 0.410. The lowest BCUT2D eigenvalue weighted by molar-refractivity contribution is 0.0955. The van der Waals surface area contributed by atoms with Crippen molar-refractivity contribution in [3.8, 4) is 16.3 Å². The molecule has 0 aliphatic carbocycles. The van der Waals surface area contributed by atoms with Gasteiger partial charge < -0.3 is 5.11 Å². The van der Waals surface area contributed by atoms with Crippen LogP contribution in [0.15, 0.2) is 77.9 Å². The number of thiazole rings is 1. The van der Waals surface area contributed by atoms with Gasteiger partial charge in [0.2, 0.25) is 0 Å². The van der Waals surface area contributed by atoms with Crippen molar-refractivity contribution < 1.29 is 9.90 Å². The van der Waals surface area contributed by atoms with E-state index in [0.717, 1.165) is 26.4 Å². The average molecular weight is 373 g/mol. The van der Waals surface area contributed by atoms with E-state index in [0.29, 0.717) is 5.56 Å². The van der Waals surface area contributed by atoms with Crippen LogP contribution < -0.4 is 5.43 Å². The number of aromatic hydroxyl groups is 1. The highest BCUT2D eigenvalue weighted by Gasteiger charge is 2.08. The molecule has 0 radical (unpaired) electrons. The maximum atomic E-state index is 12.2. The fraction of sp³-hybridized carbons (Fsp3) is 0. The number of fused-ring (bicyclic) bond motifs is 1. The molecule has 3 aromatic carbocycles. The zero-order valence-electron chi connectivity index (χ0n) is 14.2. The fourth-order valence-corrected chi connectivity index (χ4v) is 3.52. The number of hydrogen-bond donors (Lipinski definition) is 2. The standard InChI is InChI=1S/C21H15N3O2S/c25-17-11-5-14(6-12-17)13-22-24-20(26)15-7-9-16(10-8-15)21-23-18-3-1-2-4-19(18)27-21/h1-13,25H,(H,24,26)/b22-13+. The van der Waals surface area contributed by atoms with E-state index in [1.807, 2.05) is 36.4 Å². The van der Waals surface area contributed by atoms with Gasteiger partial charge in [0, 0.05) is 11.1 Å². The largest absolute Gasteiger partial charge is 0.508 e. The maximum absolute atomic E-state index is 12.2. The molecule has 1 aromatic heterocycles. The number of phenols is 1. The predicted molar refractivity (Wildman–Crippen MR) is 108 cm³/mol. The number of carbonyl (C=O) groups is 1. The molecule has 0 fully saturated rings. The molecular weight excluding hydrogens is 358 g/mol. The Hall–Kier alpha value is -3.51. The van der Waals surface area contributed by atoms with Crippen molar-refractivity contribution in [3.63, 3.8) is 0 Å². The molecule has 27 heavy (non-hydrogen) atoms. The Morgan fingerprint density at radius 1 is 1.00 bits per heavy atom. The number of amides is 1. The molecule has 0 unspecified atom stereocenters. The van der Waals surface area contributed by atoms with Gasteiger partial charge in [0.25, 0.3) is 5.91 Å². The van der Waals surface area contributed by atoms with Crippen LogP contribution in [0.25, 0.3) is 20.8 Å². The summed E-state index contributed by atoms with van der Waals surface area (Å²) in [6, 6.07) is 21.8. The van der Waals surface area contributed by atoms with Crippen LogP contribution in [0.3, 0.4) is 0 Å². The smallest absolute Gasteiger partial charge is 0.271 e. The molecular formula is C21H15N3O2S. The van der Waals surface area contributed by atoms with Crippen molar-refractivity contribution in [1.29, 1.82) is 0 Å². The van der Waals surface area contributed by atoms with Gasteiger partial charge in [-0.2, -0.15) is 5.10 Å². The first-order valence-electron chi connectivity index (χ1n) is 8.27. The minimum atomic E-state index is -0.291. The highest BCUT2D eigenvalue weighted by Crippen LogP contribution is 2.29. The van der Waals surface area contributed by atoms with E-state index in [-0.39, 0.29) is 11.7 Å². The number of rotatable bonds is 4. The minimum absolute atomic E-state index is 0.185. The first-order chi connectivity index (χ1) is 13.2. The molecule has 1 amide bonds. The van der Waals surface area contributed by atoms with Crippen molar-refractivity contribution in [2.45, 2.75) is 0 Å². The number of aromatic nitrogens is 1. The van der Waals surface area contributed by atoms with Crippen LogP contribution >= 0.6 is 11.3 Å². The molecule has 0 saturated heterocycles. The van der Waals surface area contributed by atoms with Gasteiger partial charge >= 0.3 is 0 Å². The molecule has 0 aliphatic rings. The van der Waals surface area contributed by atoms with Crippen molar-refractivity contribution >= 4 is 33.7 Å². The van der Waals surface area contributed by atoms with Gasteiger partial charge in [-0.3, -0.25) is 4.79 Å². The van der Waals surface area contributed by atoms with Crippen LogP contribution in [0, 0.1) is 0 Å². The van der Waals surface area contributed by atoms with Gasteiger partial charge in [0.1, 0.15) is 10.8 Å². The normalized spacial score (nSPS) is 11.1. The Bertz CT molecular complexity index is 1080. The predicted octanol–water partition coefficient (Wildman–Crippen LogP) is 4.43. The molecule has 4 rings (SSSR count). The average Bonchev–Trinajstić information content (AvgIpc) is 3.14. The summed E-state index contributed by atoms with van der Waals surface area (Å²) in [5.41, 5.74) is 5.74. The van der Waals surface area contributed by atoms with Crippen LogP contribution in [0.5, 0.6) is 5.75 Å². The number of benzene rings is 3. The van der Waals surface area contributed by atoms with E-state index in [1.54, 1.807) is 47.7 Å². The van der Waals surface area contributed by atoms with Crippen molar-refractivity contribution in [2.24, 2.45) is 5.10 Å². The molecule has 132 valence electrons. The summed E-state index contributed by atoms with van der Waals surface area (Å²) in [6.45, 7) is 0. The number of carbonyl (C=O) groups excluding carboxylic acids is 1. The highest BCUT2D eigenvalue weighted by atomic mass is 32.1. The third-order valence-corrected chi connectivity index (χ3v) is 5.05. The third kappa shape index (κ3) is 3.86. The van der Waals surface area contributed by atoms with Crippen molar-refractivity contribution in [1.82, 2.24) is 10.4 Å². The molecule has 0 spiro atoms. The number of nitrogens with zero attached hydrogens (tertiary/aromatic N) is 2. The van der Waals surface area contributed by atoms with Crippen LogP contribution in [-0.2, 0) is 0 Å².